The van der Waals surface area contributed by atoms with Crippen LogP contribution in [0.15, 0.2) is 34.1 Å². The van der Waals surface area contributed by atoms with E-state index in [1.165, 1.54) is 11.3 Å². The Kier molecular flexibility index (Phi) is 3.88. The Morgan fingerprint density at radius 2 is 2.43 bits per heavy atom. The molecule has 0 bridgehead atoms. The maximum Gasteiger partial charge on any atom is 0.261 e. The Morgan fingerprint density at radius 1 is 1.57 bits per heavy atom. The first-order valence-corrected chi connectivity index (χ1v) is 10.8. The van der Waals surface area contributed by atoms with Gasteiger partial charge in [-0.2, -0.15) is 4.39 Å². The van der Waals surface area contributed by atoms with Crippen molar-refractivity contribution in [3.8, 4) is 0 Å². The lowest BCUT2D eigenvalue weighted by molar-refractivity contribution is -0.112. The van der Waals surface area contributed by atoms with E-state index in [2.05, 4.69) is 31.3 Å². The number of amidine groups is 1. The number of aliphatic imine (C=N–C) groups is 1. The fourth-order valence-electron chi connectivity index (χ4n) is 3.00. The minimum Gasteiger partial charge on any atom is -0.300 e. The van der Waals surface area contributed by atoms with Crippen molar-refractivity contribution in [2.45, 2.75) is 19.8 Å². The number of carbonyl (C=O) groups excluding carboxylic acids is 1. The van der Waals surface area contributed by atoms with Gasteiger partial charge < -0.3 is 0 Å². The van der Waals surface area contributed by atoms with Crippen LogP contribution in [0.2, 0.25) is 0 Å². The molecule has 0 spiro atoms. The second-order valence-corrected chi connectivity index (χ2v) is 8.65. The molecule has 0 radical (unpaired) electrons. The zero-order chi connectivity index (χ0) is 16.0. The van der Waals surface area contributed by atoms with E-state index >= 15 is 0 Å². The summed E-state index contributed by atoms with van der Waals surface area (Å²) in [4.78, 5) is 23.2. The minimum atomic E-state index is -0.415. The third-order valence-corrected chi connectivity index (χ3v) is 6.51. The fourth-order valence-corrected chi connectivity index (χ4v) is 5.23. The molecule has 0 aromatic carbocycles. The first-order chi connectivity index (χ1) is 11.1. The van der Waals surface area contributed by atoms with Gasteiger partial charge in [-0.05, 0) is 30.4 Å². The summed E-state index contributed by atoms with van der Waals surface area (Å²) in [5.41, 5.74) is 3.06. The first kappa shape index (κ1) is 15.1. The number of halogens is 2. The molecular formula is C15H14FIN4OS. The normalized spacial score (nSPS) is 22.9. The molecule has 8 heteroatoms. The summed E-state index contributed by atoms with van der Waals surface area (Å²) in [5.74, 6) is 0.890. The highest BCUT2D eigenvalue weighted by Gasteiger charge is 2.35. The van der Waals surface area contributed by atoms with E-state index in [4.69, 9.17) is 0 Å². The Morgan fingerprint density at radius 3 is 3.22 bits per heavy atom. The molecule has 1 amide bonds. The monoisotopic (exact) mass is 444 g/mol. The van der Waals surface area contributed by atoms with Gasteiger partial charge in [0.1, 0.15) is 5.84 Å². The molecule has 0 fully saturated rings. The highest BCUT2D eigenvalue weighted by Crippen LogP contribution is 2.39. The average molecular weight is 444 g/mol. The third kappa shape index (κ3) is 2.67. The summed E-state index contributed by atoms with van der Waals surface area (Å²) in [5, 5.41) is 2.54. The van der Waals surface area contributed by atoms with Crippen LogP contribution in [0.5, 0.6) is 0 Å². The highest BCUT2D eigenvalue weighted by molar-refractivity contribution is 14.2. The summed E-state index contributed by atoms with van der Waals surface area (Å²) in [6.07, 6.45) is 5.19. The van der Waals surface area contributed by atoms with Gasteiger partial charge in [0, 0.05) is 9.83 Å². The minimum absolute atomic E-state index is 0.0953. The van der Waals surface area contributed by atoms with Crippen molar-refractivity contribution in [2.75, 3.05) is 9.87 Å². The molecule has 1 atom stereocenters. The number of anilines is 1. The Labute approximate surface area is 146 Å². The quantitative estimate of drug-likeness (QED) is 0.433. The van der Waals surface area contributed by atoms with Crippen LogP contribution >= 0.6 is 32.1 Å². The molecule has 1 aliphatic carbocycles. The molecule has 0 unspecified atom stereocenters. The van der Waals surface area contributed by atoms with E-state index in [1.807, 2.05) is 6.08 Å². The van der Waals surface area contributed by atoms with Crippen LogP contribution in [0.4, 0.5) is 9.52 Å². The number of rotatable bonds is 2. The Balaban J connectivity index is 1.70. The van der Waals surface area contributed by atoms with Gasteiger partial charge in [-0.3, -0.25) is 20.0 Å². The number of hydrogen-bond donors (Lipinski definition) is 1. The first-order valence-electron chi connectivity index (χ1n) is 7.26. The van der Waals surface area contributed by atoms with Crippen LogP contribution in [0.25, 0.3) is 0 Å². The van der Waals surface area contributed by atoms with Crippen molar-refractivity contribution in [3.63, 3.8) is 0 Å². The van der Waals surface area contributed by atoms with Crippen molar-refractivity contribution in [1.82, 2.24) is 9.88 Å². The van der Waals surface area contributed by atoms with Crippen molar-refractivity contribution >= 4 is 53.1 Å². The topological polar surface area (TPSA) is 57.6 Å². The average Bonchev–Trinajstić information content (AvgIpc) is 3.13. The molecule has 3 heterocycles. The van der Waals surface area contributed by atoms with E-state index in [1.54, 1.807) is 0 Å². The third-order valence-electron chi connectivity index (χ3n) is 4.13. The largest absolute Gasteiger partial charge is 0.300 e. The van der Waals surface area contributed by atoms with Gasteiger partial charge in [0.15, 0.2) is 10.3 Å². The van der Waals surface area contributed by atoms with Crippen molar-refractivity contribution in [3.05, 3.63) is 34.2 Å². The lowest BCUT2D eigenvalue weighted by Crippen LogP contribution is -2.38. The number of amides is 1. The molecule has 23 heavy (non-hydrogen) atoms. The van der Waals surface area contributed by atoms with Gasteiger partial charge in [-0.1, -0.05) is 39.0 Å². The second-order valence-electron chi connectivity index (χ2n) is 5.55. The standard InChI is InChI=1S/C15H14FIN4OS/c1-8-2-3-11-9(8)4-10(13-19-6-17-7-21(11)13)14(22)20-15-18-5-12(16)23-15/h4-5,7-8H,2-3,6H2,1H3,(H,18,20,22)/t8-/m1/s1. The number of allylic oxidation sites excluding steroid dienone is 3. The van der Waals surface area contributed by atoms with E-state index < -0.39 is 5.13 Å². The number of nitrogens with one attached hydrogen (secondary N) is 1. The van der Waals surface area contributed by atoms with Crippen LogP contribution in [-0.4, -0.2) is 30.3 Å². The number of thiazole rings is 1. The number of carbonyl (C=O) groups is 1. The van der Waals surface area contributed by atoms with Crippen molar-refractivity contribution in [1.29, 1.82) is 0 Å². The van der Waals surface area contributed by atoms with Crippen molar-refractivity contribution < 1.29 is 9.18 Å². The van der Waals surface area contributed by atoms with Crippen LogP contribution in [0.1, 0.15) is 19.8 Å². The highest BCUT2D eigenvalue weighted by atomic mass is 127. The van der Waals surface area contributed by atoms with Crippen LogP contribution in [0.3, 0.4) is 0 Å². The van der Waals surface area contributed by atoms with E-state index in [0.29, 0.717) is 11.5 Å². The van der Waals surface area contributed by atoms with E-state index in [9.17, 15) is 9.18 Å². The number of alkyl halides is 1. The fraction of sp³-hybridized carbons (Fsp3) is 0.333. The predicted octanol–water partition coefficient (Wildman–Crippen LogP) is 3.25. The van der Waals surface area contributed by atoms with Crippen molar-refractivity contribution in [2.24, 2.45) is 10.9 Å². The molecule has 1 aromatic heterocycles. The Bertz CT molecular complexity index is 810. The number of fused-ring (bicyclic) bond motifs is 2. The number of nitrogens with zero attached hydrogens (tertiary/aromatic N) is 3. The summed E-state index contributed by atoms with van der Waals surface area (Å²) >= 11 is 0.729. The van der Waals surface area contributed by atoms with Gasteiger partial charge in [0.25, 0.3) is 5.91 Å². The molecule has 2 aliphatic heterocycles. The molecule has 0 saturated heterocycles. The SMILES string of the molecule is C[C@@H]1CCC2=C1C=C(C(=O)Nc1ncc(F)s1)C1=NCI=CN12. The van der Waals surface area contributed by atoms with Gasteiger partial charge in [0.05, 0.1) is 16.3 Å². The lowest BCUT2D eigenvalue weighted by Gasteiger charge is -2.31. The summed E-state index contributed by atoms with van der Waals surface area (Å²) in [7, 11) is 0. The maximum absolute atomic E-state index is 13.1. The van der Waals surface area contributed by atoms with Crippen LogP contribution < -0.4 is 5.32 Å². The summed E-state index contributed by atoms with van der Waals surface area (Å²) in [6, 6.07) is 0. The maximum atomic E-state index is 13.1. The lowest BCUT2D eigenvalue weighted by atomic mass is 9.97. The second kappa shape index (κ2) is 5.90. The predicted molar refractivity (Wildman–Crippen MR) is 98.4 cm³/mol. The molecule has 120 valence electrons. The van der Waals surface area contributed by atoms with E-state index in [0.717, 1.165) is 40.8 Å². The number of aromatic nitrogens is 1. The van der Waals surface area contributed by atoms with Gasteiger partial charge in [-0.15, -0.1) is 0 Å². The molecule has 1 N–H and O–H groups in total. The van der Waals surface area contributed by atoms with Gasteiger partial charge in [0.2, 0.25) is 0 Å². The Hall–Kier alpha value is -1.42. The summed E-state index contributed by atoms with van der Waals surface area (Å²) < 4.78 is 16.1. The summed E-state index contributed by atoms with van der Waals surface area (Å²) in [6.45, 7) is 2.19. The molecule has 1 aromatic rings. The van der Waals surface area contributed by atoms with E-state index in [-0.39, 0.29) is 31.8 Å². The smallest absolute Gasteiger partial charge is 0.261 e. The molecule has 0 saturated carbocycles. The molecule has 3 aliphatic rings. The van der Waals surface area contributed by atoms with Gasteiger partial charge >= 0.3 is 0 Å². The van der Waals surface area contributed by atoms with Crippen LogP contribution in [-0.2, 0) is 4.79 Å². The zero-order valence-corrected chi connectivity index (χ0v) is 15.3. The molecule has 4 rings (SSSR count). The molecule has 5 nitrogen and oxygen atoms in total. The van der Waals surface area contributed by atoms with Crippen LogP contribution in [0, 0.1) is 11.0 Å². The van der Waals surface area contributed by atoms with Gasteiger partial charge in [-0.25, -0.2) is 4.98 Å². The molecular weight excluding hydrogens is 430 g/mol. The zero-order valence-electron chi connectivity index (χ0n) is 12.3. The number of hydrogen-bond acceptors (Lipinski definition) is 5.